The minimum absolute atomic E-state index is 0.215. The van der Waals surface area contributed by atoms with Gasteiger partial charge in [-0.05, 0) is 51.5 Å². The van der Waals surface area contributed by atoms with Crippen LogP contribution in [0.5, 0.6) is 0 Å². The summed E-state index contributed by atoms with van der Waals surface area (Å²) in [5, 5.41) is 3.60. The highest BCUT2D eigenvalue weighted by Crippen LogP contribution is 2.20. The normalized spacial score (nSPS) is 17.7. The largest absolute Gasteiger partial charge is 0.382 e. The molecule has 3 nitrogen and oxygen atoms in total. The van der Waals surface area contributed by atoms with Crippen molar-refractivity contribution in [3.8, 4) is 0 Å². The fourth-order valence-corrected chi connectivity index (χ4v) is 2.46. The quantitative estimate of drug-likeness (QED) is 0.885. The van der Waals surface area contributed by atoms with Gasteiger partial charge in [0.25, 0.3) is 0 Å². The highest BCUT2D eigenvalue weighted by Gasteiger charge is 2.17. The van der Waals surface area contributed by atoms with E-state index in [9.17, 15) is 4.79 Å². The number of ketones is 1. The van der Waals surface area contributed by atoms with Gasteiger partial charge in [0.2, 0.25) is 0 Å². The molecule has 18 heavy (non-hydrogen) atoms. The van der Waals surface area contributed by atoms with E-state index in [0.29, 0.717) is 12.5 Å². The fraction of sp³-hybridized carbons (Fsp3) is 0.533. The molecule has 0 radical (unpaired) electrons. The Balaban J connectivity index is 2.02. The van der Waals surface area contributed by atoms with Crippen LogP contribution >= 0.6 is 0 Å². The van der Waals surface area contributed by atoms with Crippen LogP contribution in [0.15, 0.2) is 24.3 Å². The first-order valence-electron chi connectivity index (χ1n) is 6.67. The molecule has 1 fully saturated rings. The van der Waals surface area contributed by atoms with Crippen molar-refractivity contribution in [3.05, 3.63) is 29.8 Å². The number of nitrogens with one attached hydrogen (secondary N) is 1. The molecule has 0 aromatic heterocycles. The molecule has 0 unspecified atom stereocenters. The molecule has 2 rings (SSSR count). The minimum Gasteiger partial charge on any atom is -0.382 e. The predicted molar refractivity (Wildman–Crippen MR) is 75.0 cm³/mol. The number of anilines is 1. The van der Waals surface area contributed by atoms with Gasteiger partial charge < -0.3 is 10.2 Å². The van der Waals surface area contributed by atoms with E-state index in [2.05, 4.69) is 23.3 Å². The van der Waals surface area contributed by atoms with Crippen LogP contribution in [0.2, 0.25) is 0 Å². The van der Waals surface area contributed by atoms with E-state index in [0.717, 1.165) is 24.3 Å². The summed E-state index contributed by atoms with van der Waals surface area (Å²) in [5.41, 5.74) is 2.24. The van der Waals surface area contributed by atoms with E-state index in [1.807, 2.05) is 18.2 Å². The van der Waals surface area contributed by atoms with Gasteiger partial charge in [-0.25, -0.2) is 0 Å². The molecule has 3 heteroatoms. The minimum atomic E-state index is 0.215. The summed E-state index contributed by atoms with van der Waals surface area (Å²) >= 11 is 0. The molecule has 0 saturated carbocycles. The Morgan fingerprint density at radius 2 is 2.00 bits per heavy atom. The lowest BCUT2D eigenvalue weighted by molar-refractivity contribution is -0.116. The maximum atomic E-state index is 11.3. The second-order valence-corrected chi connectivity index (χ2v) is 5.26. The Kier molecular flexibility index (Phi) is 4.37. The Bertz CT molecular complexity index is 409. The maximum Gasteiger partial charge on any atom is 0.134 e. The monoisotopic (exact) mass is 246 g/mol. The van der Waals surface area contributed by atoms with Crippen molar-refractivity contribution < 1.29 is 4.79 Å². The van der Waals surface area contributed by atoms with Crippen LogP contribution in [0, 0.1) is 0 Å². The lowest BCUT2D eigenvalue weighted by Crippen LogP contribution is -2.36. The summed E-state index contributed by atoms with van der Waals surface area (Å²) in [5.74, 6) is 0.215. The summed E-state index contributed by atoms with van der Waals surface area (Å²) in [6.45, 7) is 3.94. The molecule has 1 aliphatic heterocycles. The van der Waals surface area contributed by atoms with E-state index in [-0.39, 0.29) is 5.78 Å². The van der Waals surface area contributed by atoms with E-state index in [4.69, 9.17) is 0 Å². The van der Waals surface area contributed by atoms with Gasteiger partial charge in [-0.1, -0.05) is 18.2 Å². The molecule has 1 aromatic rings. The second kappa shape index (κ2) is 6.01. The van der Waals surface area contributed by atoms with Gasteiger partial charge in [-0.15, -0.1) is 0 Å². The number of carbonyl (C=O) groups excluding carboxylic acids is 1. The first-order valence-corrected chi connectivity index (χ1v) is 6.67. The van der Waals surface area contributed by atoms with Gasteiger partial charge >= 0.3 is 0 Å². The zero-order valence-corrected chi connectivity index (χ0v) is 11.3. The molecule has 1 heterocycles. The molecule has 0 aliphatic carbocycles. The van der Waals surface area contributed by atoms with Gasteiger partial charge in [-0.2, -0.15) is 0 Å². The van der Waals surface area contributed by atoms with E-state index < -0.39 is 0 Å². The molecule has 1 aromatic carbocycles. The summed E-state index contributed by atoms with van der Waals surface area (Å²) in [4.78, 5) is 13.6. The van der Waals surface area contributed by atoms with E-state index in [1.54, 1.807) is 6.92 Å². The highest BCUT2D eigenvalue weighted by molar-refractivity contribution is 5.80. The van der Waals surface area contributed by atoms with Crippen molar-refractivity contribution in [2.24, 2.45) is 0 Å². The second-order valence-electron chi connectivity index (χ2n) is 5.26. The highest BCUT2D eigenvalue weighted by atomic mass is 16.1. The number of hydrogen-bond acceptors (Lipinski definition) is 3. The lowest BCUT2D eigenvalue weighted by Gasteiger charge is -2.30. The summed E-state index contributed by atoms with van der Waals surface area (Å²) in [6.07, 6.45) is 2.87. The molecular formula is C15H22N2O. The Morgan fingerprint density at radius 1 is 1.33 bits per heavy atom. The predicted octanol–water partition coefficient (Wildman–Crippen LogP) is 2.32. The maximum absolute atomic E-state index is 11.3. The van der Waals surface area contributed by atoms with Crippen LogP contribution in [0.25, 0.3) is 0 Å². The molecule has 1 N–H and O–H groups in total. The molecule has 0 atom stereocenters. The van der Waals surface area contributed by atoms with Crippen molar-refractivity contribution in [2.75, 3.05) is 25.5 Å². The smallest absolute Gasteiger partial charge is 0.134 e. The number of Topliss-reactive ketones (excluding diaryl/α,β-unsaturated/α-hetero) is 1. The van der Waals surface area contributed by atoms with Gasteiger partial charge in [-0.3, -0.25) is 4.79 Å². The number of benzene rings is 1. The van der Waals surface area contributed by atoms with Crippen molar-refractivity contribution in [2.45, 2.75) is 32.2 Å². The summed E-state index contributed by atoms with van der Waals surface area (Å²) < 4.78 is 0. The first kappa shape index (κ1) is 13.1. The summed E-state index contributed by atoms with van der Waals surface area (Å²) in [7, 11) is 2.17. The Hall–Kier alpha value is -1.35. The van der Waals surface area contributed by atoms with Crippen LogP contribution < -0.4 is 5.32 Å². The zero-order valence-electron chi connectivity index (χ0n) is 11.3. The van der Waals surface area contributed by atoms with Crippen LogP contribution in [0.3, 0.4) is 0 Å². The number of para-hydroxylation sites is 1. The average Bonchev–Trinajstić information content (AvgIpc) is 2.34. The molecule has 98 valence electrons. The third-order valence-electron chi connectivity index (χ3n) is 3.53. The number of hydrogen-bond donors (Lipinski definition) is 1. The molecule has 1 saturated heterocycles. The SMILES string of the molecule is CC(=O)Cc1ccccc1NC1CCN(C)CC1. The van der Waals surface area contributed by atoms with Crippen molar-refractivity contribution in [3.63, 3.8) is 0 Å². The third-order valence-corrected chi connectivity index (χ3v) is 3.53. The van der Waals surface area contributed by atoms with Crippen molar-refractivity contribution in [1.82, 2.24) is 4.90 Å². The zero-order chi connectivity index (χ0) is 13.0. The van der Waals surface area contributed by atoms with Crippen LogP contribution in [0.4, 0.5) is 5.69 Å². The molecule has 0 amide bonds. The average molecular weight is 246 g/mol. The summed E-state index contributed by atoms with van der Waals surface area (Å²) in [6, 6.07) is 8.68. The van der Waals surface area contributed by atoms with Gasteiger partial charge in [0.15, 0.2) is 0 Å². The third kappa shape index (κ3) is 3.57. The number of nitrogens with zero attached hydrogens (tertiary/aromatic N) is 1. The molecular weight excluding hydrogens is 224 g/mol. The first-order chi connectivity index (χ1) is 8.65. The van der Waals surface area contributed by atoms with Crippen molar-refractivity contribution in [1.29, 1.82) is 0 Å². The Labute approximate surface area is 109 Å². The van der Waals surface area contributed by atoms with Crippen molar-refractivity contribution >= 4 is 11.5 Å². The number of likely N-dealkylation sites (tertiary alicyclic amines) is 1. The number of rotatable bonds is 4. The topological polar surface area (TPSA) is 32.3 Å². The Morgan fingerprint density at radius 3 is 2.67 bits per heavy atom. The lowest BCUT2D eigenvalue weighted by atomic mass is 10.0. The van der Waals surface area contributed by atoms with Gasteiger partial charge in [0.1, 0.15) is 5.78 Å². The number of piperidine rings is 1. The van der Waals surface area contributed by atoms with E-state index in [1.165, 1.54) is 12.8 Å². The molecule has 0 spiro atoms. The fourth-order valence-electron chi connectivity index (χ4n) is 2.46. The molecule has 0 bridgehead atoms. The van der Waals surface area contributed by atoms with Gasteiger partial charge in [0.05, 0.1) is 0 Å². The number of carbonyl (C=O) groups is 1. The van der Waals surface area contributed by atoms with E-state index >= 15 is 0 Å². The standard InChI is InChI=1S/C15H22N2O/c1-12(18)11-13-5-3-4-6-15(13)16-14-7-9-17(2)10-8-14/h3-6,14,16H,7-11H2,1-2H3. The molecule has 1 aliphatic rings. The van der Waals surface area contributed by atoms with Crippen LogP contribution in [0.1, 0.15) is 25.3 Å². The van der Waals surface area contributed by atoms with Crippen LogP contribution in [-0.2, 0) is 11.2 Å². The van der Waals surface area contributed by atoms with Crippen LogP contribution in [-0.4, -0.2) is 36.9 Å². The van der Waals surface area contributed by atoms with Gasteiger partial charge in [0, 0.05) is 18.2 Å².